The number of halogens is 1. The highest BCUT2D eigenvalue weighted by Gasteiger charge is 1.80. The summed E-state index contributed by atoms with van der Waals surface area (Å²) in [5.74, 6) is 0.171. The van der Waals surface area contributed by atoms with Gasteiger partial charge in [-0.15, -0.1) is 19.0 Å². The number of hydrogen-bond acceptors (Lipinski definition) is 2. The van der Waals surface area contributed by atoms with E-state index in [0.29, 0.717) is 6.42 Å². The first-order chi connectivity index (χ1) is 3.77. The second-order valence-electron chi connectivity index (χ2n) is 1.19. The minimum absolute atomic E-state index is 0. The number of ketones is 1. The lowest BCUT2D eigenvalue weighted by molar-refractivity contribution is -0.116. The van der Waals surface area contributed by atoms with Crippen LogP contribution >= 0.6 is 12.4 Å². The normalized spacial score (nSPS) is 5.67. The third-order valence-electron chi connectivity index (χ3n) is 0.432. The van der Waals surface area contributed by atoms with Gasteiger partial charge in [0.05, 0.1) is 0 Å². The van der Waals surface area contributed by atoms with Crippen molar-refractivity contribution in [3.63, 3.8) is 0 Å². The lowest BCUT2D eigenvalue weighted by atomic mass is 10.3. The van der Waals surface area contributed by atoms with Crippen LogP contribution in [-0.2, 0) is 4.79 Å². The minimum atomic E-state index is 0. The van der Waals surface area contributed by atoms with E-state index in [1.807, 2.05) is 0 Å². The Morgan fingerprint density at radius 3 is 2.00 bits per heavy atom. The summed E-state index contributed by atoms with van der Waals surface area (Å²) in [4.78, 5) is 9.97. The highest BCUT2D eigenvalue weighted by molar-refractivity contribution is 5.85. The second kappa shape index (κ2) is 15.6. The average Bonchev–Trinajstić information content (AvgIpc) is 1.72. The third-order valence-corrected chi connectivity index (χ3v) is 0.432. The summed E-state index contributed by atoms with van der Waals surface area (Å²) in [5.41, 5.74) is 0. The van der Waals surface area contributed by atoms with E-state index in [1.165, 1.54) is 0 Å². The molecule has 0 aromatic carbocycles. The van der Waals surface area contributed by atoms with E-state index in [4.69, 9.17) is 5.11 Å². The topological polar surface area (TPSA) is 37.3 Å². The van der Waals surface area contributed by atoms with Crippen molar-refractivity contribution in [2.75, 3.05) is 7.11 Å². The van der Waals surface area contributed by atoms with Crippen molar-refractivity contribution in [1.29, 1.82) is 0 Å². The van der Waals surface area contributed by atoms with E-state index >= 15 is 0 Å². The molecule has 3 heteroatoms. The number of aliphatic hydroxyl groups excluding tert-OH is 1. The van der Waals surface area contributed by atoms with Crippen LogP contribution in [0.2, 0.25) is 0 Å². The number of aliphatic hydroxyl groups is 1. The van der Waals surface area contributed by atoms with Crippen LogP contribution in [0.25, 0.3) is 0 Å². The van der Waals surface area contributed by atoms with Gasteiger partial charge in [-0.25, -0.2) is 0 Å². The van der Waals surface area contributed by atoms with Gasteiger partial charge in [0.1, 0.15) is 5.78 Å². The zero-order valence-corrected chi connectivity index (χ0v) is 6.57. The van der Waals surface area contributed by atoms with Gasteiger partial charge >= 0.3 is 0 Å². The monoisotopic (exact) mass is 152 g/mol. The van der Waals surface area contributed by atoms with Gasteiger partial charge in [0, 0.05) is 13.5 Å². The molecule has 9 heavy (non-hydrogen) atoms. The third kappa shape index (κ3) is 34.7. The SMILES string of the molecule is C=CCC(C)=O.CO.Cl. The number of carbonyl (C=O) groups is 1. The molecule has 0 aromatic heterocycles. The predicted octanol–water partition coefficient (Wildman–Crippen LogP) is 1.18. The first kappa shape index (κ1) is 15.9. The number of Topliss-reactive ketones (excluding diaryl/α,β-unsaturated/α-hetero) is 1. The van der Waals surface area contributed by atoms with Crippen molar-refractivity contribution in [2.45, 2.75) is 13.3 Å². The fourth-order valence-corrected chi connectivity index (χ4v) is 0.203. The molecule has 0 fully saturated rings. The zero-order chi connectivity index (χ0) is 6.99. The molecule has 0 atom stereocenters. The van der Waals surface area contributed by atoms with Gasteiger partial charge < -0.3 is 5.11 Å². The molecule has 0 aliphatic carbocycles. The standard InChI is InChI=1S/C5H8O.CH4O.ClH/c1-3-4-5(2)6;1-2;/h3H,1,4H2,2H3;2H,1H3;1H. The molecule has 0 heterocycles. The lowest BCUT2D eigenvalue weighted by Gasteiger charge is -1.75. The smallest absolute Gasteiger partial charge is 0.133 e. The summed E-state index contributed by atoms with van der Waals surface area (Å²) < 4.78 is 0. The summed E-state index contributed by atoms with van der Waals surface area (Å²) in [6.45, 7) is 4.92. The van der Waals surface area contributed by atoms with Crippen molar-refractivity contribution < 1.29 is 9.90 Å². The van der Waals surface area contributed by atoms with Crippen molar-refractivity contribution in [2.24, 2.45) is 0 Å². The van der Waals surface area contributed by atoms with E-state index in [1.54, 1.807) is 13.0 Å². The van der Waals surface area contributed by atoms with Crippen LogP contribution in [0.5, 0.6) is 0 Å². The molecule has 0 saturated carbocycles. The molecule has 0 spiro atoms. The number of rotatable bonds is 2. The maximum atomic E-state index is 9.97. The van der Waals surface area contributed by atoms with Crippen LogP contribution in [0.15, 0.2) is 12.7 Å². The Labute approximate surface area is 62.0 Å². The van der Waals surface area contributed by atoms with E-state index < -0.39 is 0 Å². The lowest BCUT2D eigenvalue weighted by Crippen LogP contribution is -1.81. The molecule has 0 aliphatic heterocycles. The van der Waals surface area contributed by atoms with Crippen LogP contribution in [0.1, 0.15) is 13.3 Å². The van der Waals surface area contributed by atoms with Gasteiger partial charge in [0.25, 0.3) is 0 Å². The molecule has 1 N–H and O–H groups in total. The maximum absolute atomic E-state index is 9.97. The molecule has 0 radical (unpaired) electrons. The molecule has 0 aliphatic rings. The number of allylic oxidation sites excluding steroid dienone is 1. The first-order valence-corrected chi connectivity index (χ1v) is 2.32. The summed E-state index contributed by atoms with van der Waals surface area (Å²) >= 11 is 0. The highest BCUT2D eigenvalue weighted by atomic mass is 35.5. The van der Waals surface area contributed by atoms with Gasteiger partial charge in [-0.05, 0) is 6.92 Å². The summed E-state index contributed by atoms with van der Waals surface area (Å²) in [6, 6.07) is 0. The number of carbonyl (C=O) groups excluding carboxylic acids is 1. The summed E-state index contributed by atoms with van der Waals surface area (Å²) in [6.07, 6.45) is 2.10. The molecular weight excluding hydrogens is 140 g/mol. The van der Waals surface area contributed by atoms with Gasteiger partial charge in [-0.2, -0.15) is 0 Å². The molecule has 56 valence electrons. The minimum Gasteiger partial charge on any atom is -0.400 e. The molecule has 0 amide bonds. The number of hydrogen-bond donors (Lipinski definition) is 1. The van der Waals surface area contributed by atoms with Gasteiger partial charge in [0.15, 0.2) is 0 Å². The fourth-order valence-electron chi connectivity index (χ4n) is 0.203. The van der Waals surface area contributed by atoms with Crippen molar-refractivity contribution in [1.82, 2.24) is 0 Å². The highest BCUT2D eigenvalue weighted by Crippen LogP contribution is 1.77. The largest absolute Gasteiger partial charge is 0.400 e. The van der Waals surface area contributed by atoms with Crippen LogP contribution in [0.4, 0.5) is 0 Å². The van der Waals surface area contributed by atoms with Crippen molar-refractivity contribution in [3.05, 3.63) is 12.7 Å². The maximum Gasteiger partial charge on any atom is 0.133 e. The Hall–Kier alpha value is -0.340. The van der Waals surface area contributed by atoms with Crippen molar-refractivity contribution >= 4 is 18.2 Å². The predicted molar refractivity (Wildman–Crippen MR) is 40.9 cm³/mol. The van der Waals surface area contributed by atoms with Gasteiger partial charge in [-0.1, -0.05) is 6.08 Å². The fraction of sp³-hybridized carbons (Fsp3) is 0.500. The Balaban J connectivity index is -0.000000109. The molecule has 0 aromatic rings. The van der Waals surface area contributed by atoms with Crippen LogP contribution in [-0.4, -0.2) is 18.0 Å². The molecule has 0 unspecified atom stereocenters. The van der Waals surface area contributed by atoms with Gasteiger partial charge in [-0.3, -0.25) is 4.79 Å². The summed E-state index contributed by atoms with van der Waals surface area (Å²) in [7, 11) is 1.00. The van der Waals surface area contributed by atoms with Crippen LogP contribution in [0, 0.1) is 0 Å². The quantitative estimate of drug-likeness (QED) is 0.604. The zero-order valence-electron chi connectivity index (χ0n) is 5.76. The second-order valence-corrected chi connectivity index (χ2v) is 1.19. The molecular formula is C6H13ClO2. The molecule has 0 saturated heterocycles. The Morgan fingerprint density at radius 1 is 1.67 bits per heavy atom. The average molecular weight is 153 g/mol. The van der Waals surface area contributed by atoms with E-state index in [0.717, 1.165) is 7.11 Å². The first-order valence-electron chi connectivity index (χ1n) is 2.32. The molecule has 0 rings (SSSR count). The van der Waals surface area contributed by atoms with Gasteiger partial charge in [0.2, 0.25) is 0 Å². The van der Waals surface area contributed by atoms with E-state index in [2.05, 4.69) is 6.58 Å². The molecule has 2 nitrogen and oxygen atoms in total. The Bertz CT molecular complexity index is 71.5. The Kier molecular flexibility index (Phi) is 27.6. The Morgan fingerprint density at radius 2 is 2.00 bits per heavy atom. The van der Waals surface area contributed by atoms with Crippen molar-refractivity contribution in [3.8, 4) is 0 Å². The van der Waals surface area contributed by atoms with E-state index in [9.17, 15) is 4.79 Å². The summed E-state index contributed by atoms with van der Waals surface area (Å²) in [5, 5.41) is 7.00. The van der Waals surface area contributed by atoms with E-state index in [-0.39, 0.29) is 18.2 Å². The molecule has 0 bridgehead atoms. The van der Waals surface area contributed by atoms with Crippen LogP contribution in [0.3, 0.4) is 0 Å². The van der Waals surface area contributed by atoms with Crippen LogP contribution < -0.4 is 0 Å².